The van der Waals surface area contributed by atoms with Crippen LogP contribution in [-0.4, -0.2) is 25.2 Å². The Morgan fingerprint density at radius 2 is 1.35 bits per heavy atom. The molecule has 0 aromatic heterocycles. The van der Waals surface area contributed by atoms with Crippen molar-refractivity contribution in [2.24, 2.45) is 0 Å². The van der Waals surface area contributed by atoms with E-state index in [1.54, 1.807) is 37.3 Å². The van der Waals surface area contributed by atoms with Crippen molar-refractivity contribution in [1.82, 2.24) is 0 Å². The van der Waals surface area contributed by atoms with E-state index in [2.05, 4.69) is 6.58 Å². The highest BCUT2D eigenvalue weighted by atomic mass is 35.5. The van der Waals surface area contributed by atoms with Crippen LogP contribution < -0.4 is 9.47 Å². The Morgan fingerprint density at radius 3 is 1.95 bits per heavy atom. The fourth-order valence-corrected chi connectivity index (χ4v) is 3.51. The number of hydrogen-bond donors (Lipinski definition) is 0. The number of ether oxygens (including phenoxy) is 3. The molecule has 0 bridgehead atoms. The van der Waals surface area contributed by atoms with E-state index in [1.807, 2.05) is 48.5 Å². The second kappa shape index (κ2) is 14.7. The minimum absolute atomic E-state index is 0.329. The molecule has 3 aromatic carbocycles. The molecule has 0 aliphatic carbocycles. The summed E-state index contributed by atoms with van der Waals surface area (Å²) < 4.78 is 16.3. The van der Waals surface area contributed by atoms with E-state index in [0.29, 0.717) is 29.6 Å². The van der Waals surface area contributed by atoms with Gasteiger partial charge in [-0.25, -0.2) is 9.59 Å². The highest BCUT2D eigenvalue weighted by Crippen LogP contribution is 2.25. The molecule has 37 heavy (non-hydrogen) atoms. The van der Waals surface area contributed by atoms with Crippen LogP contribution >= 0.6 is 11.6 Å². The van der Waals surface area contributed by atoms with Crippen LogP contribution in [0, 0.1) is 0 Å². The minimum Gasteiger partial charge on any atom is -0.494 e. The zero-order valence-electron chi connectivity index (χ0n) is 21.0. The lowest BCUT2D eigenvalue weighted by atomic mass is 10.1. The molecule has 6 heteroatoms. The minimum atomic E-state index is -0.449. The fraction of sp³-hybridized carbons (Fsp3) is 0.226. The van der Waals surface area contributed by atoms with Crippen LogP contribution in [0.2, 0.25) is 5.02 Å². The summed E-state index contributed by atoms with van der Waals surface area (Å²) in [5.74, 6) is 0.515. The van der Waals surface area contributed by atoms with Gasteiger partial charge in [0.15, 0.2) is 0 Å². The highest BCUT2D eigenvalue weighted by molar-refractivity contribution is 6.30. The summed E-state index contributed by atoms with van der Waals surface area (Å²) in [4.78, 5) is 23.4. The first kappa shape index (κ1) is 27.8. The number of esters is 2. The zero-order chi connectivity index (χ0) is 26.5. The average Bonchev–Trinajstić information content (AvgIpc) is 2.90. The van der Waals surface area contributed by atoms with Crippen molar-refractivity contribution in [1.29, 1.82) is 0 Å². The Morgan fingerprint density at radius 1 is 0.784 bits per heavy atom. The second-order valence-corrected chi connectivity index (χ2v) is 8.97. The second-order valence-electron chi connectivity index (χ2n) is 8.53. The molecule has 0 atom stereocenters. The van der Waals surface area contributed by atoms with Gasteiger partial charge in [-0.2, -0.15) is 0 Å². The maximum Gasteiger partial charge on any atom is 0.336 e. The molecule has 5 nitrogen and oxygen atoms in total. The summed E-state index contributed by atoms with van der Waals surface area (Å²) in [5, 5.41) is 0.644. The first-order chi connectivity index (χ1) is 17.9. The molecule has 0 fully saturated rings. The molecule has 0 unspecified atom stereocenters. The van der Waals surface area contributed by atoms with E-state index in [1.165, 1.54) is 6.08 Å². The summed E-state index contributed by atoms with van der Waals surface area (Å²) in [6, 6.07) is 22.4. The van der Waals surface area contributed by atoms with Crippen LogP contribution in [-0.2, 0) is 14.3 Å². The van der Waals surface area contributed by atoms with Gasteiger partial charge in [-0.1, -0.05) is 54.6 Å². The SMILES string of the molecule is C=C(C)C(=O)OCCCCCCOc1ccc(-c2ccc(OC(=O)/C=C/c3ccc(Cl)cc3)cc2)cc1. The van der Waals surface area contributed by atoms with Crippen LogP contribution in [0.1, 0.15) is 38.2 Å². The van der Waals surface area contributed by atoms with Crippen molar-refractivity contribution in [3.8, 4) is 22.6 Å². The molecule has 3 rings (SSSR count). The molecule has 192 valence electrons. The summed E-state index contributed by atoms with van der Waals surface area (Å²) in [6.45, 7) is 6.27. The van der Waals surface area contributed by atoms with Gasteiger partial charge < -0.3 is 14.2 Å². The van der Waals surface area contributed by atoms with Gasteiger partial charge >= 0.3 is 11.9 Å². The van der Waals surface area contributed by atoms with Gasteiger partial charge in [-0.05, 0) is 91.8 Å². The zero-order valence-corrected chi connectivity index (χ0v) is 21.7. The van der Waals surface area contributed by atoms with E-state index >= 15 is 0 Å². The van der Waals surface area contributed by atoms with Gasteiger partial charge in [0.1, 0.15) is 11.5 Å². The molecule has 0 aliphatic heterocycles. The Bertz CT molecular complexity index is 1200. The fourth-order valence-electron chi connectivity index (χ4n) is 3.38. The van der Waals surface area contributed by atoms with Gasteiger partial charge in [0.25, 0.3) is 0 Å². The van der Waals surface area contributed by atoms with E-state index in [4.69, 9.17) is 25.8 Å². The molecule has 0 radical (unpaired) electrons. The lowest BCUT2D eigenvalue weighted by Crippen LogP contribution is -2.06. The number of carbonyl (C=O) groups is 2. The third-order valence-corrected chi connectivity index (χ3v) is 5.68. The third-order valence-electron chi connectivity index (χ3n) is 5.43. The van der Waals surface area contributed by atoms with Crippen molar-refractivity contribution in [2.45, 2.75) is 32.6 Å². The van der Waals surface area contributed by atoms with Crippen LogP contribution in [0.4, 0.5) is 0 Å². The molecule has 0 amide bonds. The predicted molar refractivity (Wildman–Crippen MR) is 148 cm³/mol. The van der Waals surface area contributed by atoms with Gasteiger partial charge in [-0.3, -0.25) is 0 Å². The summed E-state index contributed by atoms with van der Waals surface area (Å²) in [5.41, 5.74) is 3.34. The van der Waals surface area contributed by atoms with Crippen molar-refractivity contribution >= 4 is 29.6 Å². The van der Waals surface area contributed by atoms with E-state index in [0.717, 1.165) is 48.1 Å². The molecule has 0 spiro atoms. The van der Waals surface area contributed by atoms with Crippen molar-refractivity contribution in [3.05, 3.63) is 102 Å². The molecule has 0 heterocycles. The van der Waals surface area contributed by atoms with Gasteiger partial charge in [0.05, 0.1) is 13.2 Å². The monoisotopic (exact) mass is 518 g/mol. The molecule has 3 aromatic rings. The van der Waals surface area contributed by atoms with Crippen molar-refractivity contribution in [3.63, 3.8) is 0 Å². The van der Waals surface area contributed by atoms with E-state index in [9.17, 15) is 9.59 Å². The number of unbranched alkanes of at least 4 members (excludes halogenated alkanes) is 3. The number of hydrogen-bond acceptors (Lipinski definition) is 5. The van der Waals surface area contributed by atoms with E-state index < -0.39 is 5.97 Å². The smallest absolute Gasteiger partial charge is 0.336 e. The first-order valence-electron chi connectivity index (χ1n) is 12.2. The number of carbonyl (C=O) groups excluding carboxylic acids is 2. The molecule has 0 saturated heterocycles. The van der Waals surface area contributed by atoms with Gasteiger partial charge in [0, 0.05) is 16.7 Å². The quantitative estimate of drug-likeness (QED) is 0.100. The lowest BCUT2D eigenvalue weighted by molar-refractivity contribution is -0.139. The van der Waals surface area contributed by atoms with Crippen molar-refractivity contribution < 1.29 is 23.8 Å². The van der Waals surface area contributed by atoms with E-state index in [-0.39, 0.29) is 5.97 Å². The van der Waals surface area contributed by atoms with Gasteiger partial charge in [0.2, 0.25) is 0 Å². The average molecular weight is 519 g/mol. The van der Waals surface area contributed by atoms with Crippen molar-refractivity contribution in [2.75, 3.05) is 13.2 Å². The number of halogens is 1. The molecular formula is C31H31ClO5. The topological polar surface area (TPSA) is 61.8 Å². The molecule has 0 saturated carbocycles. The molecule has 0 aliphatic rings. The summed E-state index contributed by atoms with van der Waals surface area (Å²) in [7, 11) is 0. The Hall–Kier alpha value is -3.83. The molecular weight excluding hydrogens is 488 g/mol. The third kappa shape index (κ3) is 9.98. The van der Waals surface area contributed by atoms with Crippen LogP contribution in [0.3, 0.4) is 0 Å². The normalized spacial score (nSPS) is 10.8. The van der Waals surface area contributed by atoms with Crippen LogP contribution in [0.5, 0.6) is 11.5 Å². The van der Waals surface area contributed by atoms with Crippen LogP contribution in [0.25, 0.3) is 17.2 Å². The maximum atomic E-state index is 12.1. The Balaban J connectivity index is 1.37. The lowest BCUT2D eigenvalue weighted by Gasteiger charge is -2.08. The first-order valence-corrected chi connectivity index (χ1v) is 12.6. The summed E-state index contributed by atoms with van der Waals surface area (Å²) in [6.07, 6.45) is 6.84. The summed E-state index contributed by atoms with van der Waals surface area (Å²) >= 11 is 5.87. The standard InChI is InChI=1S/C31H31ClO5/c1-23(2)31(34)36-22-6-4-3-5-21-35-28-16-10-25(11-17-28)26-12-18-29(19-13-26)37-30(33)20-9-24-7-14-27(32)15-8-24/h7-20H,1,3-6,21-22H2,2H3/b20-9+. The largest absolute Gasteiger partial charge is 0.494 e. The maximum absolute atomic E-state index is 12.1. The highest BCUT2D eigenvalue weighted by Gasteiger charge is 2.04. The number of rotatable bonds is 13. The predicted octanol–water partition coefficient (Wildman–Crippen LogP) is 7.68. The van der Waals surface area contributed by atoms with Gasteiger partial charge in [-0.15, -0.1) is 0 Å². The Kier molecular flexibility index (Phi) is 11.0. The Labute approximate surface area is 223 Å². The molecule has 0 N–H and O–H groups in total. The van der Waals surface area contributed by atoms with Crippen LogP contribution in [0.15, 0.2) is 91.0 Å². The number of benzene rings is 3.